The summed E-state index contributed by atoms with van der Waals surface area (Å²) in [7, 11) is 0. The van der Waals surface area contributed by atoms with E-state index in [0.29, 0.717) is 0 Å². The van der Waals surface area contributed by atoms with Crippen molar-refractivity contribution in [3.8, 4) is 22.9 Å². The molecule has 1 heterocycles. The average Bonchev–Trinajstić information content (AvgIpc) is 2.94. The van der Waals surface area contributed by atoms with Gasteiger partial charge in [-0.3, -0.25) is 0 Å². The second kappa shape index (κ2) is 5.21. The molecule has 1 aromatic heterocycles. The van der Waals surface area contributed by atoms with E-state index in [1.165, 1.54) is 24.3 Å². The van der Waals surface area contributed by atoms with Crippen molar-refractivity contribution in [2.45, 2.75) is 0 Å². The lowest BCUT2D eigenvalue weighted by Gasteiger charge is -1.99. The molecule has 7 heteroatoms. The second-order valence-corrected chi connectivity index (χ2v) is 4.55. The molecule has 0 N–H and O–H groups in total. The van der Waals surface area contributed by atoms with Crippen LogP contribution < -0.4 is 0 Å². The fourth-order valence-corrected chi connectivity index (χ4v) is 1.92. The zero-order valence-electron chi connectivity index (χ0n) is 10.3. The topological polar surface area (TPSA) is 38.9 Å². The Balaban J connectivity index is 2.03. The lowest BCUT2D eigenvalue weighted by atomic mass is 10.2. The first-order valence-electron chi connectivity index (χ1n) is 5.79. The van der Waals surface area contributed by atoms with Gasteiger partial charge in [-0.05, 0) is 30.3 Å². The van der Waals surface area contributed by atoms with Gasteiger partial charge in [-0.1, -0.05) is 17.7 Å². The molecule has 3 aromatic rings. The minimum absolute atomic E-state index is 0.0313. The minimum Gasteiger partial charge on any atom is -0.416 e. The van der Waals surface area contributed by atoms with E-state index in [4.69, 9.17) is 16.0 Å². The predicted octanol–water partition coefficient (Wildman–Crippen LogP) is 4.47. The van der Waals surface area contributed by atoms with Crippen molar-refractivity contribution < 1.29 is 17.6 Å². The van der Waals surface area contributed by atoms with E-state index in [2.05, 4.69) is 10.2 Å². The van der Waals surface area contributed by atoms with Crippen LogP contribution in [0.4, 0.5) is 13.2 Å². The van der Waals surface area contributed by atoms with E-state index in [0.717, 1.165) is 12.1 Å². The monoisotopic (exact) mass is 310 g/mol. The van der Waals surface area contributed by atoms with E-state index in [-0.39, 0.29) is 27.9 Å². The number of halogens is 4. The first-order chi connectivity index (χ1) is 10.1. The van der Waals surface area contributed by atoms with Gasteiger partial charge in [0.2, 0.25) is 5.89 Å². The molecular weight excluding hydrogens is 305 g/mol. The third-order valence-corrected chi connectivity index (χ3v) is 3.07. The smallest absolute Gasteiger partial charge is 0.251 e. The molecule has 0 fully saturated rings. The summed E-state index contributed by atoms with van der Waals surface area (Å²) < 4.78 is 45.2. The highest BCUT2D eigenvalue weighted by Gasteiger charge is 2.16. The first kappa shape index (κ1) is 13.6. The quantitative estimate of drug-likeness (QED) is 0.701. The summed E-state index contributed by atoms with van der Waals surface area (Å²) in [6.45, 7) is 0. The zero-order chi connectivity index (χ0) is 15.0. The highest BCUT2D eigenvalue weighted by Crippen LogP contribution is 2.29. The lowest BCUT2D eigenvalue weighted by molar-refractivity contribution is 0.507. The van der Waals surface area contributed by atoms with E-state index in [1.54, 1.807) is 0 Å². The van der Waals surface area contributed by atoms with Crippen LogP contribution in [0.25, 0.3) is 22.9 Å². The van der Waals surface area contributed by atoms with Crippen molar-refractivity contribution in [1.82, 2.24) is 10.2 Å². The Kier molecular flexibility index (Phi) is 3.39. The normalized spacial score (nSPS) is 10.9. The van der Waals surface area contributed by atoms with E-state index >= 15 is 0 Å². The molecular formula is C14H6ClF3N2O. The standard InChI is InChI=1S/C14H6ClF3N2O/c15-9-3-1-2-8(12(9)18)14-20-19-13(21-14)7-4-5-10(16)11(17)6-7/h1-6H. The third kappa shape index (κ3) is 2.50. The van der Waals surface area contributed by atoms with Gasteiger partial charge in [0.05, 0.1) is 10.6 Å². The van der Waals surface area contributed by atoms with Crippen LogP contribution in [0, 0.1) is 17.5 Å². The van der Waals surface area contributed by atoms with Gasteiger partial charge in [0.25, 0.3) is 5.89 Å². The SMILES string of the molecule is Fc1ccc(-c2nnc(-c3cccc(Cl)c3F)o2)cc1F. The number of aromatic nitrogens is 2. The number of benzene rings is 2. The second-order valence-electron chi connectivity index (χ2n) is 4.14. The molecule has 0 bridgehead atoms. The van der Waals surface area contributed by atoms with Crippen LogP contribution in [0.2, 0.25) is 5.02 Å². The fraction of sp³-hybridized carbons (Fsp3) is 0. The third-order valence-electron chi connectivity index (χ3n) is 2.77. The van der Waals surface area contributed by atoms with Crippen LogP contribution in [0.3, 0.4) is 0 Å². The highest BCUT2D eigenvalue weighted by molar-refractivity contribution is 6.31. The summed E-state index contributed by atoms with van der Waals surface area (Å²) in [5.41, 5.74) is 0.221. The number of rotatable bonds is 2. The van der Waals surface area contributed by atoms with E-state index < -0.39 is 17.5 Å². The number of hydrogen-bond donors (Lipinski definition) is 0. The summed E-state index contributed by atoms with van der Waals surface area (Å²) in [5.74, 6) is -2.88. The molecule has 106 valence electrons. The van der Waals surface area contributed by atoms with Gasteiger partial charge >= 0.3 is 0 Å². The van der Waals surface area contributed by atoms with Gasteiger partial charge in [0.1, 0.15) is 0 Å². The molecule has 0 radical (unpaired) electrons. The Morgan fingerprint density at radius 2 is 1.67 bits per heavy atom. The summed E-state index contributed by atoms with van der Waals surface area (Å²) in [5, 5.41) is 7.29. The van der Waals surface area contributed by atoms with Gasteiger partial charge in [-0.15, -0.1) is 10.2 Å². The van der Waals surface area contributed by atoms with Crippen LogP contribution in [-0.2, 0) is 0 Å². The van der Waals surface area contributed by atoms with Crippen molar-refractivity contribution in [3.05, 3.63) is 58.9 Å². The van der Waals surface area contributed by atoms with Gasteiger partial charge in [0, 0.05) is 5.56 Å². The maximum atomic E-state index is 13.8. The van der Waals surface area contributed by atoms with Crippen molar-refractivity contribution in [2.24, 2.45) is 0 Å². The van der Waals surface area contributed by atoms with Crippen LogP contribution in [-0.4, -0.2) is 10.2 Å². The van der Waals surface area contributed by atoms with Gasteiger partial charge < -0.3 is 4.42 Å². The van der Waals surface area contributed by atoms with Crippen molar-refractivity contribution in [3.63, 3.8) is 0 Å². The van der Waals surface area contributed by atoms with Crippen molar-refractivity contribution in [2.75, 3.05) is 0 Å². The molecule has 0 aliphatic carbocycles. The molecule has 0 atom stereocenters. The largest absolute Gasteiger partial charge is 0.416 e. The summed E-state index contributed by atoms with van der Waals surface area (Å²) in [6.07, 6.45) is 0. The molecule has 0 unspecified atom stereocenters. The van der Waals surface area contributed by atoms with Crippen LogP contribution in [0.1, 0.15) is 0 Å². The van der Waals surface area contributed by atoms with Gasteiger partial charge in [0.15, 0.2) is 17.5 Å². The molecule has 0 aliphatic rings. The molecule has 3 rings (SSSR count). The van der Waals surface area contributed by atoms with Gasteiger partial charge in [-0.2, -0.15) is 0 Å². The van der Waals surface area contributed by atoms with E-state index in [1.807, 2.05) is 0 Å². The molecule has 0 amide bonds. The van der Waals surface area contributed by atoms with Crippen LogP contribution in [0.15, 0.2) is 40.8 Å². The lowest BCUT2D eigenvalue weighted by Crippen LogP contribution is -1.85. The first-order valence-corrected chi connectivity index (χ1v) is 6.17. The summed E-state index contributed by atoms with van der Waals surface area (Å²) >= 11 is 5.67. The maximum absolute atomic E-state index is 13.8. The van der Waals surface area contributed by atoms with Gasteiger partial charge in [-0.25, -0.2) is 13.2 Å². The van der Waals surface area contributed by atoms with Crippen molar-refractivity contribution in [1.29, 1.82) is 0 Å². The molecule has 0 saturated heterocycles. The highest BCUT2D eigenvalue weighted by atomic mass is 35.5. The molecule has 0 aliphatic heterocycles. The Hall–Kier alpha value is -2.34. The Morgan fingerprint density at radius 3 is 2.43 bits per heavy atom. The number of nitrogens with zero attached hydrogens (tertiary/aromatic N) is 2. The predicted molar refractivity (Wildman–Crippen MR) is 70.1 cm³/mol. The summed E-state index contributed by atoms with van der Waals surface area (Å²) in [6, 6.07) is 7.47. The average molecular weight is 311 g/mol. The number of hydrogen-bond acceptors (Lipinski definition) is 3. The minimum atomic E-state index is -1.04. The Labute approximate surface area is 122 Å². The fourth-order valence-electron chi connectivity index (χ4n) is 1.75. The van der Waals surface area contributed by atoms with Crippen LogP contribution in [0.5, 0.6) is 0 Å². The molecule has 0 spiro atoms. The van der Waals surface area contributed by atoms with Crippen LogP contribution >= 0.6 is 11.6 Å². The molecule has 21 heavy (non-hydrogen) atoms. The molecule has 3 nitrogen and oxygen atoms in total. The molecule has 2 aromatic carbocycles. The van der Waals surface area contributed by atoms with E-state index in [9.17, 15) is 13.2 Å². The summed E-state index contributed by atoms with van der Waals surface area (Å²) in [4.78, 5) is 0. The Morgan fingerprint density at radius 1 is 0.905 bits per heavy atom. The van der Waals surface area contributed by atoms with Crippen molar-refractivity contribution >= 4 is 11.6 Å². The zero-order valence-corrected chi connectivity index (χ0v) is 11.0. The maximum Gasteiger partial charge on any atom is 0.251 e. The Bertz CT molecular complexity index is 820. The molecule has 0 saturated carbocycles.